The summed E-state index contributed by atoms with van der Waals surface area (Å²) >= 11 is 0. The van der Waals surface area contributed by atoms with E-state index in [2.05, 4.69) is 57.3 Å². The molecule has 0 aliphatic heterocycles. The van der Waals surface area contributed by atoms with Gasteiger partial charge >= 0.3 is 0 Å². The van der Waals surface area contributed by atoms with Crippen LogP contribution in [-0.4, -0.2) is 12.6 Å². The Morgan fingerprint density at radius 1 is 1.00 bits per heavy atom. The number of hydrogen-bond acceptors (Lipinski definition) is 1. The van der Waals surface area contributed by atoms with Crippen molar-refractivity contribution in [1.82, 2.24) is 5.32 Å². The third kappa shape index (κ3) is 4.80. The normalized spacial score (nSPS) is 13.1. The molecule has 0 amide bonds. The molecule has 0 fully saturated rings. The second-order valence-corrected chi connectivity index (χ2v) is 5.08. The van der Waals surface area contributed by atoms with Crippen LogP contribution >= 0.6 is 0 Å². The van der Waals surface area contributed by atoms with Crippen molar-refractivity contribution in [1.29, 1.82) is 0 Å². The van der Waals surface area contributed by atoms with Crippen LogP contribution in [-0.2, 0) is 12.8 Å². The lowest BCUT2D eigenvalue weighted by atomic mass is 10.0. The Bertz CT molecular complexity index is 287. The molecule has 0 heterocycles. The minimum Gasteiger partial charge on any atom is -0.314 e. The summed E-state index contributed by atoms with van der Waals surface area (Å²) in [6.07, 6.45) is 2.25. The smallest absolute Gasteiger partial charge is 0.00792 e. The Morgan fingerprint density at radius 2 is 1.56 bits per heavy atom. The molecule has 16 heavy (non-hydrogen) atoms. The van der Waals surface area contributed by atoms with E-state index in [-0.39, 0.29) is 0 Å². The standard InChI is InChI=1S/C15H25N/c1-5-14-6-8-15(9-7-14)10-13(4)16-11-12(2)3/h6-9,12-13,16H,5,10-11H2,1-4H3. The van der Waals surface area contributed by atoms with E-state index in [0.29, 0.717) is 6.04 Å². The van der Waals surface area contributed by atoms with Crippen LogP contribution < -0.4 is 5.32 Å². The highest BCUT2D eigenvalue weighted by Crippen LogP contribution is 2.07. The van der Waals surface area contributed by atoms with E-state index in [1.165, 1.54) is 11.1 Å². The molecule has 0 aliphatic rings. The minimum atomic E-state index is 0.565. The highest BCUT2D eigenvalue weighted by Gasteiger charge is 2.03. The van der Waals surface area contributed by atoms with Gasteiger partial charge in [0.05, 0.1) is 0 Å². The Hall–Kier alpha value is -0.820. The van der Waals surface area contributed by atoms with Gasteiger partial charge in [0.2, 0.25) is 0 Å². The van der Waals surface area contributed by atoms with E-state index in [4.69, 9.17) is 0 Å². The first-order valence-electron chi connectivity index (χ1n) is 6.43. The molecule has 0 aliphatic carbocycles. The second-order valence-electron chi connectivity index (χ2n) is 5.08. The van der Waals surface area contributed by atoms with E-state index in [0.717, 1.165) is 25.3 Å². The Morgan fingerprint density at radius 3 is 2.06 bits per heavy atom. The van der Waals surface area contributed by atoms with Crippen LogP contribution in [0.25, 0.3) is 0 Å². The zero-order chi connectivity index (χ0) is 12.0. The van der Waals surface area contributed by atoms with Crippen LogP contribution in [0.15, 0.2) is 24.3 Å². The topological polar surface area (TPSA) is 12.0 Å². The molecule has 0 saturated heterocycles. The quantitative estimate of drug-likeness (QED) is 0.773. The van der Waals surface area contributed by atoms with E-state index in [1.54, 1.807) is 0 Å². The summed E-state index contributed by atoms with van der Waals surface area (Å²) in [6, 6.07) is 9.56. The summed E-state index contributed by atoms with van der Waals surface area (Å²) in [5.74, 6) is 0.727. The van der Waals surface area contributed by atoms with Crippen molar-refractivity contribution in [3.63, 3.8) is 0 Å². The maximum atomic E-state index is 3.56. The highest BCUT2D eigenvalue weighted by molar-refractivity contribution is 5.23. The molecule has 1 heteroatoms. The van der Waals surface area contributed by atoms with Crippen LogP contribution in [0.4, 0.5) is 0 Å². The molecule has 1 atom stereocenters. The lowest BCUT2D eigenvalue weighted by Crippen LogP contribution is -2.31. The van der Waals surface area contributed by atoms with Gasteiger partial charge in [-0.25, -0.2) is 0 Å². The molecule has 0 bridgehead atoms. The molecule has 0 spiro atoms. The third-order valence-corrected chi connectivity index (χ3v) is 2.85. The van der Waals surface area contributed by atoms with E-state index < -0.39 is 0 Å². The van der Waals surface area contributed by atoms with Crippen LogP contribution in [0.3, 0.4) is 0 Å². The van der Waals surface area contributed by atoms with Gasteiger partial charge in [-0.1, -0.05) is 45.0 Å². The second kappa shape index (κ2) is 6.70. The van der Waals surface area contributed by atoms with Gasteiger partial charge in [-0.05, 0) is 43.4 Å². The van der Waals surface area contributed by atoms with Crippen LogP contribution in [0.1, 0.15) is 38.8 Å². The van der Waals surface area contributed by atoms with Crippen molar-refractivity contribution in [3.8, 4) is 0 Å². The first-order valence-corrected chi connectivity index (χ1v) is 6.43. The Kier molecular flexibility index (Phi) is 5.54. The van der Waals surface area contributed by atoms with Crippen LogP contribution in [0, 0.1) is 5.92 Å². The van der Waals surface area contributed by atoms with E-state index >= 15 is 0 Å². The lowest BCUT2D eigenvalue weighted by molar-refractivity contribution is 0.482. The highest BCUT2D eigenvalue weighted by atomic mass is 14.9. The largest absolute Gasteiger partial charge is 0.314 e. The fourth-order valence-corrected chi connectivity index (χ4v) is 1.77. The van der Waals surface area contributed by atoms with Gasteiger partial charge in [0, 0.05) is 6.04 Å². The predicted molar refractivity (Wildman–Crippen MR) is 71.8 cm³/mol. The van der Waals surface area contributed by atoms with Crippen molar-refractivity contribution < 1.29 is 0 Å². The molecule has 90 valence electrons. The summed E-state index contributed by atoms with van der Waals surface area (Å²) in [6.45, 7) is 10.1. The summed E-state index contributed by atoms with van der Waals surface area (Å²) in [7, 11) is 0. The summed E-state index contributed by atoms with van der Waals surface area (Å²) < 4.78 is 0. The van der Waals surface area contributed by atoms with E-state index in [1.807, 2.05) is 0 Å². The molecule has 0 saturated carbocycles. The molecule has 1 aromatic carbocycles. The number of nitrogens with one attached hydrogen (secondary N) is 1. The monoisotopic (exact) mass is 219 g/mol. The van der Waals surface area contributed by atoms with Crippen molar-refractivity contribution in [3.05, 3.63) is 35.4 Å². The molecular formula is C15H25N. The van der Waals surface area contributed by atoms with Crippen LogP contribution in [0.5, 0.6) is 0 Å². The van der Waals surface area contributed by atoms with Crippen molar-refractivity contribution >= 4 is 0 Å². The van der Waals surface area contributed by atoms with Gasteiger partial charge in [0.1, 0.15) is 0 Å². The average molecular weight is 219 g/mol. The SMILES string of the molecule is CCc1ccc(CC(C)NCC(C)C)cc1. The van der Waals surface area contributed by atoms with Crippen molar-refractivity contribution in [2.45, 2.75) is 46.6 Å². The molecule has 1 unspecified atom stereocenters. The molecule has 1 nitrogen and oxygen atoms in total. The third-order valence-electron chi connectivity index (χ3n) is 2.85. The van der Waals surface area contributed by atoms with Gasteiger partial charge in [-0.3, -0.25) is 0 Å². The molecule has 1 aromatic rings. The average Bonchev–Trinajstić information content (AvgIpc) is 2.27. The van der Waals surface area contributed by atoms with Gasteiger partial charge in [-0.15, -0.1) is 0 Å². The van der Waals surface area contributed by atoms with Crippen LogP contribution in [0.2, 0.25) is 0 Å². The zero-order valence-electron chi connectivity index (χ0n) is 11.1. The fourth-order valence-electron chi connectivity index (χ4n) is 1.77. The van der Waals surface area contributed by atoms with Crippen molar-refractivity contribution in [2.75, 3.05) is 6.54 Å². The predicted octanol–water partition coefficient (Wildman–Crippen LogP) is 3.43. The molecular weight excluding hydrogens is 194 g/mol. The number of rotatable bonds is 6. The molecule has 1 rings (SSSR count). The minimum absolute atomic E-state index is 0.565. The van der Waals surface area contributed by atoms with Gasteiger partial charge < -0.3 is 5.32 Å². The first kappa shape index (κ1) is 13.2. The fraction of sp³-hybridized carbons (Fsp3) is 0.600. The number of aryl methyl sites for hydroxylation is 1. The maximum Gasteiger partial charge on any atom is 0.00792 e. The number of hydrogen-bond donors (Lipinski definition) is 1. The maximum absolute atomic E-state index is 3.56. The van der Waals surface area contributed by atoms with Gasteiger partial charge in [-0.2, -0.15) is 0 Å². The molecule has 0 aromatic heterocycles. The Balaban J connectivity index is 2.40. The van der Waals surface area contributed by atoms with Gasteiger partial charge in [0.15, 0.2) is 0 Å². The lowest BCUT2D eigenvalue weighted by Gasteiger charge is -2.15. The number of benzene rings is 1. The zero-order valence-corrected chi connectivity index (χ0v) is 11.1. The van der Waals surface area contributed by atoms with E-state index in [9.17, 15) is 0 Å². The first-order chi connectivity index (χ1) is 7.61. The Labute approximate surface area is 100 Å². The molecule has 1 N–H and O–H groups in total. The summed E-state index contributed by atoms with van der Waals surface area (Å²) in [4.78, 5) is 0. The molecule has 0 radical (unpaired) electrons. The van der Waals surface area contributed by atoms with Gasteiger partial charge in [0.25, 0.3) is 0 Å². The summed E-state index contributed by atoms with van der Waals surface area (Å²) in [5.41, 5.74) is 2.85. The van der Waals surface area contributed by atoms with Crippen molar-refractivity contribution in [2.24, 2.45) is 5.92 Å². The summed E-state index contributed by atoms with van der Waals surface area (Å²) in [5, 5.41) is 3.56.